The Bertz CT molecular complexity index is 487. The van der Waals surface area contributed by atoms with Crippen LogP contribution in [-0.4, -0.2) is 39.6 Å². The number of aliphatic hydroxyl groups excluding tert-OH is 1. The number of carbonyl (C=O) groups excluding carboxylic acids is 1. The van der Waals surface area contributed by atoms with Gasteiger partial charge < -0.3 is 15.1 Å². The molecule has 1 aliphatic heterocycles. The van der Waals surface area contributed by atoms with Crippen molar-refractivity contribution in [3.05, 3.63) is 35.9 Å². The molecule has 1 amide bonds. The van der Waals surface area contributed by atoms with E-state index in [9.17, 15) is 19.8 Å². The van der Waals surface area contributed by atoms with Gasteiger partial charge in [0.2, 0.25) is 5.91 Å². The van der Waals surface area contributed by atoms with Crippen molar-refractivity contribution < 1.29 is 19.8 Å². The number of benzene rings is 1. The standard InChI is InChI=1S/C14H17NO4/c1-2-14(13(18)19,10-6-4-3-5-7-10)15-9-11(16)8-12(15)17/h3-7,11,16H,2,8-9H2,1H3,(H,18,19). The number of likely N-dealkylation sites (tertiary alicyclic amines) is 1. The average molecular weight is 263 g/mol. The minimum absolute atomic E-state index is 0.0120. The van der Waals surface area contributed by atoms with Crippen molar-refractivity contribution in [1.82, 2.24) is 4.90 Å². The molecule has 19 heavy (non-hydrogen) atoms. The highest BCUT2D eigenvalue weighted by atomic mass is 16.4. The van der Waals surface area contributed by atoms with E-state index in [-0.39, 0.29) is 25.3 Å². The third kappa shape index (κ3) is 2.10. The molecule has 0 aromatic heterocycles. The summed E-state index contributed by atoms with van der Waals surface area (Å²) in [7, 11) is 0. The Morgan fingerprint density at radius 2 is 2.05 bits per heavy atom. The van der Waals surface area contributed by atoms with E-state index in [1.165, 1.54) is 4.90 Å². The van der Waals surface area contributed by atoms with Crippen LogP contribution in [0.4, 0.5) is 0 Å². The fourth-order valence-corrected chi connectivity index (χ4v) is 2.71. The molecule has 1 fully saturated rings. The second kappa shape index (κ2) is 5.01. The molecular formula is C14H17NO4. The van der Waals surface area contributed by atoms with Crippen LogP contribution in [0, 0.1) is 0 Å². The van der Waals surface area contributed by atoms with E-state index in [0.29, 0.717) is 5.56 Å². The first kappa shape index (κ1) is 13.5. The second-order valence-corrected chi connectivity index (χ2v) is 4.75. The van der Waals surface area contributed by atoms with Gasteiger partial charge in [-0.2, -0.15) is 0 Å². The van der Waals surface area contributed by atoms with E-state index < -0.39 is 17.6 Å². The van der Waals surface area contributed by atoms with Crippen LogP contribution in [0.5, 0.6) is 0 Å². The number of carboxylic acids is 1. The van der Waals surface area contributed by atoms with Gasteiger partial charge in [-0.3, -0.25) is 4.79 Å². The molecule has 0 saturated carbocycles. The molecule has 0 spiro atoms. The fourth-order valence-electron chi connectivity index (χ4n) is 2.71. The van der Waals surface area contributed by atoms with Crippen molar-refractivity contribution in [2.24, 2.45) is 0 Å². The topological polar surface area (TPSA) is 77.8 Å². The summed E-state index contributed by atoms with van der Waals surface area (Å²) in [5, 5.41) is 19.3. The van der Waals surface area contributed by atoms with Gasteiger partial charge in [0.25, 0.3) is 0 Å². The van der Waals surface area contributed by atoms with Crippen LogP contribution >= 0.6 is 0 Å². The number of aliphatic hydroxyl groups is 1. The third-order valence-electron chi connectivity index (χ3n) is 3.68. The largest absolute Gasteiger partial charge is 0.479 e. The van der Waals surface area contributed by atoms with Crippen LogP contribution < -0.4 is 0 Å². The lowest BCUT2D eigenvalue weighted by Gasteiger charge is -2.38. The molecule has 5 heteroatoms. The molecule has 1 aromatic rings. The normalized spacial score (nSPS) is 22.3. The van der Waals surface area contributed by atoms with Crippen LogP contribution in [0.2, 0.25) is 0 Å². The smallest absolute Gasteiger partial charge is 0.334 e. The lowest BCUT2D eigenvalue weighted by molar-refractivity contribution is -0.158. The van der Waals surface area contributed by atoms with E-state index in [2.05, 4.69) is 0 Å². The minimum atomic E-state index is -1.39. The average Bonchev–Trinajstić information content (AvgIpc) is 2.72. The van der Waals surface area contributed by atoms with Gasteiger partial charge in [0.15, 0.2) is 5.54 Å². The van der Waals surface area contributed by atoms with Crippen molar-refractivity contribution in [3.8, 4) is 0 Å². The highest BCUT2D eigenvalue weighted by Crippen LogP contribution is 2.36. The molecule has 102 valence electrons. The summed E-state index contributed by atoms with van der Waals surface area (Å²) >= 11 is 0. The van der Waals surface area contributed by atoms with Gasteiger partial charge in [-0.25, -0.2) is 4.79 Å². The highest BCUT2D eigenvalue weighted by Gasteiger charge is 2.50. The van der Waals surface area contributed by atoms with Gasteiger partial charge in [0.05, 0.1) is 12.5 Å². The maximum Gasteiger partial charge on any atom is 0.334 e. The predicted octanol–water partition coefficient (Wildman–Crippen LogP) is 0.970. The summed E-state index contributed by atoms with van der Waals surface area (Å²) in [6.07, 6.45) is -0.548. The number of hydrogen-bond donors (Lipinski definition) is 2. The van der Waals surface area contributed by atoms with Gasteiger partial charge in [0, 0.05) is 6.54 Å². The van der Waals surface area contributed by atoms with Crippen molar-refractivity contribution >= 4 is 11.9 Å². The number of rotatable bonds is 4. The van der Waals surface area contributed by atoms with Gasteiger partial charge in [0.1, 0.15) is 0 Å². The Morgan fingerprint density at radius 1 is 1.42 bits per heavy atom. The maximum atomic E-state index is 12.0. The summed E-state index contributed by atoms with van der Waals surface area (Å²) in [5.74, 6) is -1.38. The summed E-state index contributed by atoms with van der Waals surface area (Å²) in [6, 6.07) is 8.71. The molecule has 0 radical (unpaired) electrons. The van der Waals surface area contributed by atoms with Gasteiger partial charge in [-0.15, -0.1) is 0 Å². The number of aliphatic carboxylic acids is 1. The van der Waals surface area contributed by atoms with Crippen molar-refractivity contribution in [3.63, 3.8) is 0 Å². The lowest BCUT2D eigenvalue weighted by Crippen LogP contribution is -2.52. The Labute approximate surface area is 111 Å². The summed E-state index contributed by atoms with van der Waals surface area (Å²) in [4.78, 5) is 25.1. The van der Waals surface area contributed by atoms with Crippen LogP contribution in [0.3, 0.4) is 0 Å². The fraction of sp³-hybridized carbons (Fsp3) is 0.429. The van der Waals surface area contributed by atoms with Crippen LogP contribution in [0.15, 0.2) is 30.3 Å². The molecule has 1 aromatic carbocycles. The molecule has 2 atom stereocenters. The van der Waals surface area contributed by atoms with E-state index in [0.717, 1.165) is 0 Å². The minimum Gasteiger partial charge on any atom is -0.479 e. The zero-order chi connectivity index (χ0) is 14.0. The number of β-amino-alcohol motifs (C(OH)–C–C–N with tert-alkyl or cyclic N) is 1. The van der Waals surface area contributed by atoms with E-state index in [4.69, 9.17) is 0 Å². The van der Waals surface area contributed by atoms with Crippen molar-refractivity contribution in [2.75, 3.05) is 6.54 Å². The highest BCUT2D eigenvalue weighted by molar-refractivity contribution is 5.89. The third-order valence-corrected chi connectivity index (χ3v) is 3.68. The maximum absolute atomic E-state index is 12.0. The Morgan fingerprint density at radius 3 is 2.47 bits per heavy atom. The summed E-state index contributed by atoms with van der Waals surface area (Å²) in [5.41, 5.74) is -0.831. The van der Waals surface area contributed by atoms with Gasteiger partial charge in [-0.1, -0.05) is 37.3 Å². The Hall–Kier alpha value is -1.88. The molecule has 1 aliphatic rings. The Balaban J connectivity index is 2.52. The first-order valence-electron chi connectivity index (χ1n) is 6.29. The van der Waals surface area contributed by atoms with Crippen LogP contribution in [0.1, 0.15) is 25.3 Å². The first-order valence-corrected chi connectivity index (χ1v) is 6.29. The van der Waals surface area contributed by atoms with Crippen LogP contribution in [0.25, 0.3) is 0 Å². The molecule has 1 heterocycles. The molecule has 0 aliphatic carbocycles. The van der Waals surface area contributed by atoms with Crippen LogP contribution in [-0.2, 0) is 15.1 Å². The molecule has 0 bridgehead atoms. The first-order chi connectivity index (χ1) is 9.02. The quantitative estimate of drug-likeness (QED) is 0.848. The second-order valence-electron chi connectivity index (χ2n) is 4.75. The van der Waals surface area contributed by atoms with Crippen molar-refractivity contribution in [2.45, 2.75) is 31.4 Å². The zero-order valence-electron chi connectivity index (χ0n) is 10.7. The number of carbonyl (C=O) groups is 2. The molecule has 2 unspecified atom stereocenters. The SMILES string of the molecule is CCC(C(=O)O)(c1ccccc1)N1CC(O)CC1=O. The Kier molecular flexibility index (Phi) is 3.57. The number of nitrogens with zero attached hydrogens (tertiary/aromatic N) is 1. The van der Waals surface area contributed by atoms with Gasteiger partial charge in [-0.05, 0) is 12.0 Å². The number of amides is 1. The molecule has 2 rings (SSSR count). The van der Waals surface area contributed by atoms with E-state index in [1.807, 2.05) is 0 Å². The van der Waals surface area contributed by atoms with Crippen molar-refractivity contribution in [1.29, 1.82) is 0 Å². The van der Waals surface area contributed by atoms with Gasteiger partial charge >= 0.3 is 5.97 Å². The predicted molar refractivity (Wildman–Crippen MR) is 68.4 cm³/mol. The zero-order valence-corrected chi connectivity index (χ0v) is 10.7. The van der Waals surface area contributed by atoms with E-state index in [1.54, 1.807) is 37.3 Å². The summed E-state index contributed by atoms with van der Waals surface area (Å²) < 4.78 is 0. The lowest BCUT2D eigenvalue weighted by atomic mass is 9.85. The molecule has 2 N–H and O–H groups in total. The van der Waals surface area contributed by atoms with E-state index >= 15 is 0 Å². The molecule has 5 nitrogen and oxygen atoms in total. The number of hydrogen-bond acceptors (Lipinski definition) is 3. The number of carboxylic acid groups (broad SMARTS) is 1. The molecule has 1 saturated heterocycles. The monoisotopic (exact) mass is 263 g/mol. The molecular weight excluding hydrogens is 246 g/mol. The summed E-state index contributed by atoms with van der Waals surface area (Å²) in [6.45, 7) is 1.80.